The lowest BCUT2D eigenvalue weighted by atomic mass is 9.72. The molecule has 12 nitrogen and oxygen atoms in total. The molecule has 0 spiro atoms. The van der Waals surface area contributed by atoms with Gasteiger partial charge >= 0.3 is 5.97 Å². The summed E-state index contributed by atoms with van der Waals surface area (Å²) in [5.41, 5.74) is 10.2. The summed E-state index contributed by atoms with van der Waals surface area (Å²) in [5.74, 6) is -1.32. The van der Waals surface area contributed by atoms with Crippen molar-refractivity contribution in [2.75, 3.05) is 32.5 Å². The van der Waals surface area contributed by atoms with Gasteiger partial charge in [-0.25, -0.2) is 9.78 Å². The van der Waals surface area contributed by atoms with Crippen molar-refractivity contribution >= 4 is 29.3 Å². The number of nitrogen functional groups attached to an aromatic ring is 1. The first kappa shape index (κ1) is 36.7. The highest BCUT2D eigenvalue weighted by molar-refractivity contribution is 6.32. The van der Waals surface area contributed by atoms with E-state index in [0.717, 1.165) is 36.9 Å². The average Bonchev–Trinajstić information content (AvgIpc) is 3.80. The minimum absolute atomic E-state index is 0.0205. The van der Waals surface area contributed by atoms with Crippen molar-refractivity contribution in [2.24, 2.45) is 16.6 Å². The van der Waals surface area contributed by atoms with Crippen LogP contribution in [0.5, 0.6) is 0 Å². The molecule has 0 amide bonds. The molecule has 2 heterocycles. The molecule has 0 saturated carbocycles. The largest absolute Gasteiger partial charge is 0.459 e. The van der Waals surface area contributed by atoms with Crippen molar-refractivity contribution in [1.29, 1.82) is 0 Å². The molecule has 260 valence electrons. The average molecular weight is 663 g/mol. The topological polar surface area (TPSA) is 195 Å². The predicted octanol–water partition coefficient (Wildman–Crippen LogP) is 3.65. The molecule has 0 bridgehead atoms. The molecule has 2 aromatic rings. The number of hydrogen-bond donors (Lipinski definition) is 5. The second kappa shape index (κ2) is 16.3. The number of epoxide rings is 1. The van der Waals surface area contributed by atoms with E-state index in [-0.39, 0.29) is 42.1 Å². The number of nitrogens with zero attached hydrogens (tertiary/aromatic N) is 2. The normalized spacial score (nSPS) is 22.4. The van der Waals surface area contributed by atoms with Crippen LogP contribution in [0.2, 0.25) is 0 Å². The number of carbonyl (C=O) groups excluding carboxylic acids is 3. The van der Waals surface area contributed by atoms with Crippen molar-refractivity contribution in [2.45, 2.75) is 89.1 Å². The van der Waals surface area contributed by atoms with Crippen LogP contribution in [0.3, 0.4) is 0 Å². The van der Waals surface area contributed by atoms with Gasteiger partial charge < -0.3 is 36.7 Å². The van der Waals surface area contributed by atoms with Crippen LogP contribution in [0.25, 0.3) is 0 Å². The van der Waals surface area contributed by atoms with Crippen LogP contribution in [0.15, 0.2) is 59.2 Å². The third-order valence-corrected chi connectivity index (χ3v) is 9.30. The smallest absolute Gasteiger partial charge is 0.350 e. The number of hydrogen-bond acceptors (Lipinski definition) is 10. The summed E-state index contributed by atoms with van der Waals surface area (Å²) in [6, 6.07) is 9.73. The predicted molar refractivity (Wildman–Crippen MR) is 184 cm³/mol. The Kier molecular flexibility index (Phi) is 12.5. The molecule has 1 aromatic carbocycles. The number of esters is 1. The van der Waals surface area contributed by atoms with Crippen molar-refractivity contribution in [3.63, 3.8) is 0 Å². The van der Waals surface area contributed by atoms with Gasteiger partial charge in [-0.3, -0.25) is 14.6 Å². The van der Waals surface area contributed by atoms with Gasteiger partial charge in [0.15, 0.2) is 17.3 Å². The van der Waals surface area contributed by atoms with Gasteiger partial charge in [-0.05, 0) is 56.8 Å². The van der Waals surface area contributed by atoms with Gasteiger partial charge in [-0.15, -0.1) is 0 Å². The van der Waals surface area contributed by atoms with Gasteiger partial charge in [0.1, 0.15) is 11.9 Å². The number of rotatable bonds is 18. The fourth-order valence-electron chi connectivity index (χ4n) is 6.56. The number of carbonyl (C=O) groups is 3. The highest BCUT2D eigenvalue weighted by Crippen LogP contribution is 2.58. The van der Waals surface area contributed by atoms with Crippen LogP contribution in [0.1, 0.15) is 98.0 Å². The molecule has 7 N–H and O–H groups in total. The Balaban J connectivity index is 1.67. The fraction of sp³-hybridized carbons (Fsp3) is 0.528. The quantitative estimate of drug-likeness (QED) is 0.0390. The summed E-state index contributed by atoms with van der Waals surface area (Å²) in [6.07, 6.45) is 6.83. The number of pyridine rings is 1. The number of fused-ring (bicyclic) bond motifs is 2. The summed E-state index contributed by atoms with van der Waals surface area (Å²) in [5, 5.41) is 16.2. The zero-order valence-corrected chi connectivity index (χ0v) is 28.5. The molecular formula is C36H50N6O6. The lowest BCUT2D eigenvalue weighted by molar-refractivity contribution is -0.157. The standard InChI is InChI=1S/C36H50N6O6/c1-5-7-11-25(22-40-6-2)29(14-10-19-43)47-33(46)36-32(45)27-13-9-8-12-26(27)31(44)35(36,48-36)17-15-23(3)20-28(42-34(38)39-4)24-16-18-41-30(37)21-24/h8-9,12-13,15-16,18,21,25,28-29,40,43H,5-7,10-11,14,17,19-20,22H2,1-4H3,(H2,37,41)(H3,38,39,42). The van der Waals surface area contributed by atoms with E-state index >= 15 is 0 Å². The SMILES string of the molecule is CCCCC(CNCC)C(CCCO)OC(=O)C12OC1(CC=C(C)CC(NC(N)=NC)c1ccnc(N)c1)C(=O)c1ccccc1C2=O. The number of benzene rings is 1. The van der Waals surface area contributed by atoms with E-state index in [1.807, 2.05) is 26.0 Å². The Hall–Kier alpha value is -4.13. The number of anilines is 1. The van der Waals surface area contributed by atoms with E-state index in [4.69, 9.17) is 20.9 Å². The van der Waals surface area contributed by atoms with Gasteiger partial charge in [0.05, 0.1) is 6.04 Å². The molecular weight excluding hydrogens is 612 g/mol. The highest BCUT2D eigenvalue weighted by Gasteiger charge is 2.85. The molecule has 2 aliphatic rings. The lowest BCUT2D eigenvalue weighted by Gasteiger charge is -2.30. The Morgan fingerprint density at radius 1 is 1.15 bits per heavy atom. The molecule has 0 radical (unpaired) electrons. The molecule has 12 heteroatoms. The second-order valence-electron chi connectivity index (χ2n) is 12.6. The molecule has 1 fully saturated rings. The van der Waals surface area contributed by atoms with Crippen LogP contribution >= 0.6 is 0 Å². The van der Waals surface area contributed by atoms with Crippen LogP contribution in [0, 0.1) is 5.92 Å². The summed E-state index contributed by atoms with van der Waals surface area (Å²) in [6.45, 7) is 7.30. The molecule has 1 saturated heterocycles. The Morgan fingerprint density at radius 3 is 2.52 bits per heavy atom. The number of aliphatic hydroxyl groups excluding tert-OH is 1. The molecule has 1 aromatic heterocycles. The highest BCUT2D eigenvalue weighted by atomic mass is 16.7. The van der Waals surface area contributed by atoms with Gasteiger partial charge in [0.2, 0.25) is 5.78 Å². The van der Waals surface area contributed by atoms with E-state index in [0.29, 0.717) is 31.6 Å². The second-order valence-corrected chi connectivity index (χ2v) is 12.6. The van der Waals surface area contributed by atoms with E-state index in [9.17, 15) is 19.5 Å². The maximum absolute atomic E-state index is 14.3. The third kappa shape index (κ3) is 7.61. The van der Waals surface area contributed by atoms with E-state index in [1.165, 1.54) is 0 Å². The fourth-order valence-corrected chi connectivity index (χ4v) is 6.56. The van der Waals surface area contributed by atoms with Gasteiger partial charge in [0.25, 0.3) is 5.60 Å². The molecule has 5 unspecified atom stereocenters. The minimum Gasteiger partial charge on any atom is -0.459 e. The number of aliphatic hydroxyl groups is 1. The monoisotopic (exact) mass is 662 g/mol. The number of aromatic nitrogens is 1. The number of aliphatic imine (C=N–C) groups is 1. The summed E-state index contributed by atoms with van der Waals surface area (Å²) >= 11 is 0. The molecule has 5 atom stereocenters. The number of unbranched alkanes of at least 4 members (excludes halogenated alkanes) is 1. The first-order valence-corrected chi connectivity index (χ1v) is 16.9. The van der Waals surface area contributed by atoms with Crippen molar-refractivity contribution in [1.82, 2.24) is 15.6 Å². The molecule has 48 heavy (non-hydrogen) atoms. The number of nitrogens with one attached hydrogen (secondary N) is 2. The van der Waals surface area contributed by atoms with Crippen LogP contribution in [0.4, 0.5) is 5.82 Å². The molecule has 4 rings (SSSR count). The zero-order chi connectivity index (χ0) is 34.9. The number of ether oxygens (including phenoxy) is 2. The summed E-state index contributed by atoms with van der Waals surface area (Å²) < 4.78 is 12.3. The number of ketones is 2. The summed E-state index contributed by atoms with van der Waals surface area (Å²) in [4.78, 5) is 50.7. The molecule has 1 aliphatic heterocycles. The van der Waals surface area contributed by atoms with Gasteiger partial charge in [-0.2, -0.15) is 0 Å². The first-order chi connectivity index (χ1) is 23.1. The molecule has 1 aliphatic carbocycles. The minimum atomic E-state index is -2.10. The Morgan fingerprint density at radius 2 is 1.88 bits per heavy atom. The van der Waals surface area contributed by atoms with Crippen LogP contribution in [-0.2, 0) is 14.3 Å². The number of guanidine groups is 1. The van der Waals surface area contributed by atoms with E-state index in [1.54, 1.807) is 43.6 Å². The Bertz CT molecular complexity index is 1520. The number of Topliss-reactive ketones (excluding diaryl/α,β-unsaturated/α-hetero) is 2. The lowest BCUT2D eigenvalue weighted by Crippen LogP contribution is -2.51. The number of nitrogens with two attached hydrogens (primary N) is 2. The first-order valence-electron chi connectivity index (χ1n) is 16.9. The zero-order valence-electron chi connectivity index (χ0n) is 28.5. The van der Waals surface area contributed by atoms with E-state index in [2.05, 4.69) is 27.5 Å². The van der Waals surface area contributed by atoms with Gasteiger partial charge in [-0.1, -0.05) is 62.6 Å². The van der Waals surface area contributed by atoms with Crippen LogP contribution in [-0.4, -0.2) is 77.6 Å². The van der Waals surface area contributed by atoms with Crippen molar-refractivity contribution in [3.05, 3.63) is 70.9 Å². The van der Waals surface area contributed by atoms with E-state index < -0.39 is 34.8 Å². The summed E-state index contributed by atoms with van der Waals surface area (Å²) in [7, 11) is 1.58. The maximum atomic E-state index is 14.3. The maximum Gasteiger partial charge on any atom is 0.350 e. The van der Waals surface area contributed by atoms with Crippen molar-refractivity contribution in [3.8, 4) is 0 Å². The van der Waals surface area contributed by atoms with Crippen LogP contribution < -0.4 is 22.1 Å². The Labute approximate surface area is 282 Å². The van der Waals surface area contributed by atoms with Crippen molar-refractivity contribution < 1.29 is 29.0 Å². The third-order valence-electron chi connectivity index (χ3n) is 9.30. The van der Waals surface area contributed by atoms with Gasteiger partial charge in [0, 0.05) is 49.9 Å².